The molecule has 2 aromatic rings. The van der Waals surface area contributed by atoms with E-state index in [0.29, 0.717) is 11.0 Å². The third-order valence-electron chi connectivity index (χ3n) is 2.52. The number of benzene rings is 1. The molecule has 18 heavy (non-hydrogen) atoms. The molecule has 2 rings (SSSR count). The van der Waals surface area contributed by atoms with Crippen molar-refractivity contribution in [1.82, 2.24) is 9.55 Å². The van der Waals surface area contributed by atoms with Crippen molar-refractivity contribution in [2.75, 3.05) is 5.32 Å². The van der Waals surface area contributed by atoms with Gasteiger partial charge in [-0.3, -0.25) is 10.1 Å². The highest BCUT2D eigenvalue weighted by Crippen LogP contribution is 2.27. The summed E-state index contributed by atoms with van der Waals surface area (Å²) in [6, 6.07) is 4.82. The smallest absolute Gasteiger partial charge is 0.283 e. The van der Waals surface area contributed by atoms with Gasteiger partial charge in [0.2, 0.25) is 0 Å². The average Bonchev–Trinajstić information content (AvgIpc) is 2.72. The first-order valence-corrected chi connectivity index (χ1v) is 6.01. The molecular formula is C11H11BrN4O2. The third-order valence-corrected chi connectivity index (χ3v) is 3.15. The zero-order valence-electron chi connectivity index (χ0n) is 9.63. The molecule has 0 saturated heterocycles. The van der Waals surface area contributed by atoms with Crippen LogP contribution in [0.1, 0.15) is 5.82 Å². The van der Waals surface area contributed by atoms with Crippen molar-refractivity contribution in [2.24, 2.45) is 7.05 Å². The standard InChI is InChI=1S/C11H11BrN4O2/c1-15-5-4-13-11(15)7-14-8-2-3-10(16(17)18)9(12)6-8/h2-6,14H,7H2,1H3. The fourth-order valence-corrected chi connectivity index (χ4v) is 2.04. The Labute approximate surface area is 112 Å². The Hall–Kier alpha value is -1.89. The van der Waals surface area contributed by atoms with Crippen molar-refractivity contribution in [3.63, 3.8) is 0 Å². The van der Waals surface area contributed by atoms with E-state index in [2.05, 4.69) is 26.2 Å². The maximum absolute atomic E-state index is 10.7. The molecule has 0 spiro atoms. The first kappa shape index (κ1) is 12.6. The van der Waals surface area contributed by atoms with E-state index in [1.54, 1.807) is 18.3 Å². The van der Waals surface area contributed by atoms with Crippen LogP contribution >= 0.6 is 15.9 Å². The molecule has 0 fully saturated rings. The van der Waals surface area contributed by atoms with E-state index < -0.39 is 4.92 Å². The average molecular weight is 311 g/mol. The van der Waals surface area contributed by atoms with Gasteiger partial charge in [0.25, 0.3) is 5.69 Å². The Morgan fingerprint density at radius 2 is 2.33 bits per heavy atom. The van der Waals surface area contributed by atoms with Crippen molar-refractivity contribution in [2.45, 2.75) is 6.54 Å². The van der Waals surface area contributed by atoms with Gasteiger partial charge in [0.1, 0.15) is 5.82 Å². The minimum absolute atomic E-state index is 0.0533. The lowest BCUT2D eigenvalue weighted by Gasteiger charge is -2.07. The number of anilines is 1. The summed E-state index contributed by atoms with van der Waals surface area (Å²) < 4.78 is 2.37. The second kappa shape index (κ2) is 5.18. The number of aromatic nitrogens is 2. The molecule has 1 aromatic carbocycles. The monoisotopic (exact) mass is 310 g/mol. The van der Waals surface area contributed by atoms with Gasteiger partial charge in [-0.1, -0.05) is 0 Å². The molecule has 7 heteroatoms. The van der Waals surface area contributed by atoms with Crippen molar-refractivity contribution < 1.29 is 4.92 Å². The van der Waals surface area contributed by atoms with Gasteiger partial charge in [-0.05, 0) is 28.1 Å². The highest BCUT2D eigenvalue weighted by atomic mass is 79.9. The van der Waals surface area contributed by atoms with Gasteiger partial charge in [-0.2, -0.15) is 0 Å². The Morgan fingerprint density at radius 1 is 1.56 bits per heavy atom. The summed E-state index contributed by atoms with van der Waals surface area (Å²) in [5, 5.41) is 13.8. The van der Waals surface area contributed by atoms with Crippen LogP contribution in [0.15, 0.2) is 35.1 Å². The van der Waals surface area contributed by atoms with Gasteiger partial charge >= 0.3 is 0 Å². The number of imidazole rings is 1. The summed E-state index contributed by atoms with van der Waals surface area (Å²) in [4.78, 5) is 14.4. The fourth-order valence-electron chi connectivity index (χ4n) is 1.51. The molecule has 0 aliphatic rings. The Morgan fingerprint density at radius 3 is 2.89 bits per heavy atom. The highest BCUT2D eigenvalue weighted by molar-refractivity contribution is 9.10. The molecule has 0 saturated carbocycles. The molecule has 1 N–H and O–H groups in total. The van der Waals surface area contributed by atoms with Crippen LogP contribution in [-0.4, -0.2) is 14.5 Å². The normalized spacial score (nSPS) is 10.3. The molecule has 6 nitrogen and oxygen atoms in total. The Bertz CT molecular complexity index is 582. The van der Waals surface area contributed by atoms with E-state index in [0.717, 1.165) is 11.5 Å². The van der Waals surface area contributed by atoms with Crippen molar-refractivity contribution in [1.29, 1.82) is 0 Å². The molecule has 0 unspecified atom stereocenters. The largest absolute Gasteiger partial charge is 0.378 e. The molecule has 0 aliphatic carbocycles. The number of hydrogen-bond donors (Lipinski definition) is 1. The second-order valence-corrected chi connectivity index (χ2v) is 4.59. The zero-order chi connectivity index (χ0) is 13.1. The summed E-state index contributed by atoms with van der Waals surface area (Å²) in [6.07, 6.45) is 3.59. The van der Waals surface area contributed by atoms with Crippen molar-refractivity contribution >= 4 is 27.3 Å². The van der Waals surface area contributed by atoms with E-state index in [9.17, 15) is 10.1 Å². The molecular weight excluding hydrogens is 300 g/mol. The molecule has 94 valence electrons. The van der Waals surface area contributed by atoms with Gasteiger partial charge in [0.15, 0.2) is 0 Å². The van der Waals surface area contributed by atoms with E-state index >= 15 is 0 Å². The quantitative estimate of drug-likeness (QED) is 0.696. The highest BCUT2D eigenvalue weighted by Gasteiger charge is 2.11. The summed E-state index contributed by atoms with van der Waals surface area (Å²) >= 11 is 3.18. The van der Waals surface area contributed by atoms with Crippen LogP contribution in [0.4, 0.5) is 11.4 Å². The van der Waals surface area contributed by atoms with Crippen molar-refractivity contribution in [3.8, 4) is 0 Å². The van der Waals surface area contributed by atoms with E-state index in [4.69, 9.17) is 0 Å². The van der Waals surface area contributed by atoms with E-state index in [1.807, 2.05) is 17.8 Å². The summed E-state index contributed by atoms with van der Waals surface area (Å²) in [7, 11) is 1.91. The number of nitrogens with one attached hydrogen (secondary N) is 1. The minimum atomic E-state index is -0.424. The summed E-state index contributed by atoms with van der Waals surface area (Å²) in [6.45, 7) is 0.563. The van der Waals surface area contributed by atoms with Gasteiger partial charge in [0.05, 0.1) is 15.9 Å². The number of nitro benzene ring substituents is 1. The lowest BCUT2D eigenvalue weighted by atomic mass is 10.3. The SMILES string of the molecule is Cn1ccnc1CNc1ccc([N+](=O)[O-])c(Br)c1. The van der Waals surface area contributed by atoms with Crippen LogP contribution < -0.4 is 5.32 Å². The third kappa shape index (κ3) is 2.67. The molecule has 0 aliphatic heterocycles. The van der Waals surface area contributed by atoms with Crippen molar-refractivity contribution in [3.05, 3.63) is 51.0 Å². The molecule has 0 radical (unpaired) electrons. The van der Waals surface area contributed by atoms with Gasteiger partial charge < -0.3 is 9.88 Å². The van der Waals surface area contributed by atoms with Gasteiger partial charge in [0, 0.05) is 31.2 Å². The molecule has 0 amide bonds. The van der Waals surface area contributed by atoms with Crippen LogP contribution in [-0.2, 0) is 13.6 Å². The van der Waals surface area contributed by atoms with E-state index in [-0.39, 0.29) is 5.69 Å². The maximum Gasteiger partial charge on any atom is 0.283 e. The fraction of sp³-hybridized carbons (Fsp3) is 0.182. The van der Waals surface area contributed by atoms with Gasteiger partial charge in [-0.15, -0.1) is 0 Å². The Kier molecular flexibility index (Phi) is 3.61. The number of hydrogen-bond acceptors (Lipinski definition) is 4. The topological polar surface area (TPSA) is 73.0 Å². The van der Waals surface area contributed by atoms with Crippen LogP contribution in [0.3, 0.4) is 0 Å². The van der Waals surface area contributed by atoms with Crippen LogP contribution in [0.2, 0.25) is 0 Å². The van der Waals surface area contributed by atoms with E-state index in [1.165, 1.54) is 6.07 Å². The molecule has 0 bridgehead atoms. The number of halogens is 1. The van der Waals surface area contributed by atoms with Crippen LogP contribution in [0.5, 0.6) is 0 Å². The Balaban J connectivity index is 2.09. The lowest BCUT2D eigenvalue weighted by Crippen LogP contribution is -2.05. The summed E-state index contributed by atoms with van der Waals surface area (Å²) in [5.74, 6) is 0.893. The summed E-state index contributed by atoms with van der Waals surface area (Å²) in [5.41, 5.74) is 0.855. The number of aryl methyl sites for hydroxylation is 1. The van der Waals surface area contributed by atoms with Crippen LogP contribution in [0, 0.1) is 10.1 Å². The number of nitro groups is 1. The molecule has 0 atom stereocenters. The molecule has 1 aromatic heterocycles. The second-order valence-electron chi connectivity index (χ2n) is 3.73. The first-order chi connectivity index (χ1) is 8.58. The lowest BCUT2D eigenvalue weighted by molar-refractivity contribution is -0.385. The predicted octanol–water partition coefficient (Wildman–Crippen LogP) is 2.70. The van der Waals surface area contributed by atoms with Gasteiger partial charge in [-0.25, -0.2) is 4.98 Å². The first-order valence-electron chi connectivity index (χ1n) is 5.22. The predicted molar refractivity (Wildman–Crippen MR) is 71.3 cm³/mol. The minimum Gasteiger partial charge on any atom is -0.378 e. The van der Waals surface area contributed by atoms with Crippen LogP contribution in [0.25, 0.3) is 0 Å². The molecule has 1 heterocycles. The maximum atomic E-state index is 10.7. The number of rotatable bonds is 4. The number of nitrogens with zero attached hydrogens (tertiary/aromatic N) is 3. The zero-order valence-corrected chi connectivity index (χ0v) is 11.2.